The molecule has 6 nitrogen and oxygen atoms in total. The van der Waals surface area contributed by atoms with Crippen molar-refractivity contribution in [2.24, 2.45) is 0 Å². The molecule has 0 rings (SSSR count). The van der Waals surface area contributed by atoms with Gasteiger partial charge in [0.25, 0.3) is 0 Å². The standard InChI is InChI=1S/C63H110O6/c1-4-7-10-13-16-19-21-23-25-27-28-29-30-31-32-33-34-36-37-39-41-44-47-50-53-56-62(65)68-59-60(58-67-61(64)55-52-49-46-43-18-15-12-9-6-3)69-63(66)57-54-51-48-45-42-40-38-35-26-24-22-20-17-14-11-8-5-2/h7,10,16,19,23,25,28-29,31-32,34,36,60H,4-6,8-9,11-15,17-18,20-22,24,26-27,30,33,35,37-59H2,1-3H3/b10-7-,19-16-,25-23-,29-28-,32-31-,36-34-. The predicted molar refractivity (Wildman–Crippen MR) is 298 cm³/mol. The van der Waals surface area contributed by atoms with Crippen LogP contribution in [0, 0.1) is 0 Å². The second-order valence-corrected chi connectivity index (χ2v) is 19.5. The van der Waals surface area contributed by atoms with Gasteiger partial charge in [0.1, 0.15) is 13.2 Å². The van der Waals surface area contributed by atoms with Gasteiger partial charge < -0.3 is 14.2 Å². The van der Waals surface area contributed by atoms with Crippen molar-refractivity contribution in [3.05, 3.63) is 72.9 Å². The summed E-state index contributed by atoms with van der Waals surface area (Å²) >= 11 is 0. The molecule has 0 saturated carbocycles. The van der Waals surface area contributed by atoms with Crippen LogP contribution >= 0.6 is 0 Å². The van der Waals surface area contributed by atoms with E-state index in [1.165, 1.54) is 148 Å². The average Bonchev–Trinajstić information content (AvgIpc) is 3.35. The van der Waals surface area contributed by atoms with Crippen LogP contribution in [0.3, 0.4) is 0 Å². The Hall–Kier alpha value is -3.15. The van der Waals surface area contributed by atoms with Crippen LogP contribution in [-0.2, 0) is 28.6 Å². The summed E-state index contributed by atoms with van der Waals surface area (Å²) in [6.07, 6.45) is 73.3. The van der Waals surface area contributed by atoms with Crippen LogP contribution < -0.4 is 0 Å². The lowest BCUT2D eigenvalue weighted by Gasteiger charge is -2.18. The zero-order valence-corrected chi connectivity index (χ0v) is 45.6. The number of hydrogen-bond acceptors (Lipinski definition) is 6. The van der Waals surface area contributed by atoms with E-state index in [2.05, 4.69) is 93.7 Å². The molecule has 398 valence electrons. The van der Waals surface area contributed by atoms with Gasteiger partial charge in [-0.15, -0.1) is 0 Å². The second-order valence-electron chi connectivity index (χ2n) is 19.5. The number of unbranched alkanes of at least 4 members (excludes halogenated alkanes) is 30. The third-order valence-electron chi connectivity index (χ3n) is 12.7. The average molecular weight is 964 g/mol. The molecule has 0 amide bonds. The highest BCUT2D eigenvalue weighted by Crippen LogP contribution is 2.16. The number of carbonyl (C=O) groups excluding carboxylic acids is 3. The fourth-order valence-electron chi connectivity index (χ4n) is 8.33. The van der Waals surface area contributed by atoms with Crippen molar-refractivity contribution in [1.82, 2.24) is 0 Å². The Balaban J connectivity index is 4.27. The molecule has 0 aromatic carbocycles. The summed E-state index contributed by atoms with van der Waals surface area (Å²) < 4.78 is 16.8. The predicted octanol–water partition coefficient (Wildman–Crippen LogP) is 19.8. The molecular weight excluding hydrogens is 853 g/mol. The largest absolute Gasteiger partial charge is 0.462 e. The highest BCUT2D eigenvalue weighted by molar-refractivity contribution is 5.71. The van der Waals surface area contributed by atoms with Gasteiger partial charge in [-0.25, -0.2) is 0 Å². The monoisotopic (exact) mass is 963 g/mol. The van der Waals surface area contributed by atoms with Gasteiger partial charge in [0.05, 0.1) is 0 Å². The number of allylic oxidation sites excluding steroid dienone is 12. The first kappa shape index (κ1) is 65.8. The molecule has 0 N–H and O–H groups in total. The lowest BCUT2D eigenvalue weighted by atomic mass is 10.0. The normalized spacial score (nSPS) is 12.6. The number of ether oxygens (including phenoxy) is 3. The highest BCUT2D eigenvalue weighted by atomic mass is 16.6. The minimum absolute atomic E-state index is 0.0765. The third kappa shape index (κ3) is 55.6. The van der Waals surface area contributed by atoms with Crippen LogP contribution in [0.25, 0.3) is 0 Å². The first-order chi connectivity index (χ1) is 34.0. The lowest BCUT2D eigenvalue weighted by molar-refractivity contribution is -0.167. The molecule has 6 heteroatoms. The Morgan fingerprint density at radius 2 is 0.565 bits per heavy atom. The maximum atomic E-state index is 12.8. The van der Waals surface area contributed by atoms with Crippen molar-refractivity contribution in [2.75, 3.05) is 13.2 Å². The minimum Gasteiger partial charge on any atom is -0.462 e. The molecule has 0 aliphatic carbocycles. The van der Waals surface area contributed by atoms with Crippen LogP contribution in [0.2, 0.25) is 0 Å². The van der Waals surface area contributed by atoms with Crippen molar-refractivity contribution in [3.63, 3.8) is 0 Å². The van der Waals surface area contributed by atoms with E-state index in [1.807, 2.05) is 0 Å². The molecule has 1 unspecified atom stereocenters. The molecule has 0 aromatic heterocycles. The first-order valence-electron chi connectivity index (χ1n) is 29.4. The zero-order chi connectivity index (χ0) is 50.0. The smallest absolute Gasteiger partial charge is 0.306 e. The molecule has 0 bridgehead atoms. The fourth-order valence-corrected chi connectivity index (χ4v) is 8.33. The topological polar surface area (TPSA) is 78.9 Å². The number of carbonyl (C=O) groups is 3. The van der Waals surface area contributed by atoms with Crippen LogP contribution in [0.4, 0.5) is 0 Å². The van der Waals surface area contributed by atoms with E-state index in [0.29, 0.717) is 19.3 Å². The van der Waals surface area contributed by atoms with Gasteiger partial charge in [-0.2, -0.15) is 0 Å². The van der Waals surface area contributed by atoms with E-state index in [-0.39, 0.29) is 31.1 Å². The van der Waals surface area contributed by atoms with E-state index in [1.54, 1.807) is 0 Å². The van der Waals surface area contributed by atoms with Crippen molar-refractivity contribution >= 4 is 17.9 Å². The Bertz CT molecular complexity index is 1290. The molecule has 0 radical (unpaired) electrons. The molecular formula is C63H110O6. The Morgan fingerprint density at radius 3 is 0.884 bits per heavy atom. The van der Waals surface area contributed by atoms with Crippen molar-refractivity contribution in [1.29, 1.82) is 0 Å². The van der Waals surface area contributed by atoms with E-state index < -0.39 is 6.10 Å². The molecule has 0 aliphatic heterocycles. The third-order valence-corrected chi connectivity index (χ3v) is 12.7. The van der Waals surface area contributed by atoms with Crippen LogP contribution in [0.5, 0.6) is 0 Å². The molecule has 69 heavy (non-hydrogen) atoms. The molecule has 0 aromatic rings. The maximum absolute atomic E-state index is 12.8. The van der Waals surface area contributed by atoms with Crippen molar-refractivity contribution in [3.8, 4) is 0 Å². The number of rotatable bonds is 53. The number of esters is 3. The summed E-state index contributed by atoms with van der Waals surface area (Å²) in [6.45, 7) is 6.52. The van der Waals surface area contributed by atoms with Crippen molar-refractivity contribution < 1.29 is 28.6 Å². The van der Waals surface area contributed by atoms with Gasteiger partial charge in [0.2, 0.25) is 0 Å². The van der Waals surface area contributed by atoms with Gasteiger partial charge in [-0.3, -0.25) is 14.4 Å². The van der Waals surface area contributed by atoms with E-state index in [0.717, 1.165) is 103 Å². The molecule has 0 heterocycles. The van der Waals surface area contributed by atoms with Crippen LogP contribution in [-0.4, -0.2) is 37.2 Å². The summed E-state index contributed by atoms with van der Waals surface area (Å²) in [5.41, 5.74) is 0. The zero-order valence-electron chi connectivity index (χ0n) is 45.6. The minimum atomic E-state index is -0.777. The van der Waals surface area contributed by atoms with Gasteiger partial charge in [-0.1, -0.05) is 273 Å². The van der Waals surface area contributed by atoms with Crippen LogP contribution in [0.1, 0.15) is 290 Å². The SMILES string of the molecule is CC/C=C\C/C=C\C/C=C\C/C=C\C/C=C\C/C=C\CCCCCCCCC(=O)OCC(COC(=O)CCCCCCCCCCC)OC(=O)CCCCCCCCCCCCCCCCCCC. The van der Waals surface area contributed by atoms with Gasteiger partial charge in [0, 0.05) is 19.3 Å². The van der Waals surface area contributed by atoms with E-state index >= 15 is 0 Å². The summed E-state index contributed by atoms with van der Waals surface area (Å²) in [6, 6.07) is 0. The van der Waals surface area contributed by atoms with E-state index in [9.17, 15) is 14.4 Å². The lowest BCUT2D eigenvalue weighted by Crippen LogP contribution is -2.30. The maximum Gasteiger partial charge on any atom is 0.306 e. The Labute approximate surface area is 427 Å². The Morgan fingerprint density at radius 1 is 0.304 bits per heavy atom. The summed E-state index contributed by atoms with van der Waals surface area (Å²) in [5.74, 6) is -0.883. The quantitative estimate of drug-likeness (QED) is 0.0262. The summed E-state index contributed by atoms with van der Waals surface area (Å²) in [7, 11) is 0. The Kier molecular flexibility index (Phi) is 54.8. The van der Waals surface area contributed by atoms with Gasteiger partial charge in [-0.05, 0) is 70.6 Å². The molecule has 0 fully saturated rings. The van der Waals surface area contributed by atoms with Gasteiger partial charge in [0.15, 0.2) is 6.10 Å². The van der Waals surface area contributed by atoms with Gasteiger partial charge >= 0.3 is 17.9 Å². The summed E-state index contributed by atoms with van der Waals surface area (Å²) in [5, 5.41) is 0. The first-order valence-corrected chi connectivity index (χ1v) is 29.4. The second kappa shape index (κ2) is 57.4. The molecule has 0 saturated heterocycles. The molecule has 0 aliphatic rings. The van der Waals surface area contributed by atoms with E-state index in [4.69, 9.17) is 14.2 Å². The fraction of sp³-hybridized carbons (Fsp3) is 0.762. The van der Waals surface area contributed by atoms with Crippen LogP contribution in [0.15, 0.2) is 72.9 Å². The number of hydrogen-bond donors (Lipinski definition) is 0. The van der Waals surface area contributed by atoms with Crippen molar-refractivity contribution in [2.45, 2.75) is 297 Å². The summed E-state index contributed by atoms with van der Waals surface area (Å²) in [4.78, 5) is 38.1. The highest BCUT2D eigenvalue weighted by Gasteiger charge is 2.19. The molecule has 0 spiro atoms. The molecule has 1 atom stereocenters.